The van der Waals surface area contributed by atoms with Crippen molar-refractivity contribution in [1.82, 2.24) is 5.32 Å². The molecule has 0 aliphatic heterocycles. The van der Waals surface area contributed by atoms with Gasteiger partial charge < -0.3 is 0 Å². The van der Waals surface area contributed by atoms with Gasteiger partial charge in [-0.25, -0.2) is 0 Å². The van der Waals surface area contributed by atoms with Gasteiger partial charge in [-0.05, 0) is 0 Å². The fraction of sp³-hybridized carbons (Fsp3) is 0.364. The van der Waals surface area contributed by atoms with E-state index in [1.54, 1.807) is 0 Å². The molecule has 88 valence electrons. The minimum absolute atomic E-state index is 0.0622. The van der Waals surface area contributed by atoms with Crippen molar-refractivity contribution in [1.29, 1.82) is 5.41 Å². The van der Waals surface area contributed by atoms with Crippen LogP contribution >= 0.6 is 0 Å². The molecule has 0 aromatic heterocycles. The molecule has 1 aromatic carbocycles. The van der Waals surface area contributed by atoms with Crippen molar-refractivity contribution >= 4 is 31.8 Å². The first kappa shape index (κ1) is 13.1. The van der Waals surface area contributed by atoms with Crippen LogP contribution in [0.5, 0.6) is 0 Å². The Morgan fingerprint density at radius 1 is 1.50 bits per heavy atom. The molecule has 1 unspecified atom stereocenters. The van der Waals surface area contributed by atoms with Crippen molar-refractivity contribution in [2.45, 2.75) is 19.2 Å². The van der Waals surface area contributed by atoms with Crippen molar-refractivity contribution in [3.63, 3.8) is 0 Å². The Morgan fingerprint density at radius 3 is 2.81 bits per heavy atom. The number of nitrogens with one attached hydrogen (secondary N) is 3. The second-order valence-corrected chi connectivity index (χ2v) is 5.54. The number of guanidine groups is 1. The average Bonchev–Trinajstić information content (AvgIpc) is 2.29. The summed E-state index contributed by atoms with van der Waals surface area (Å²) in [6.07, 6.45) is 0. The summed E-state index contributed by atoms with van der Waals surface area (Å²) in [5.41, 5.74) is 10.1. The first-order valence-electron chi connectivity index (χ1n) is 5.31. The summed E-state index contributed by atoms with van der Waals surface area (Å²) in [5.74, 6) is 0.325. The molecule has 0 radical (unpaired) electrons. The third-order valence-corrected chi connectivity index (χ3v) is 4.37. The van der Waals surface area contributed by atoms with E-state index in [1.165, 1.54) is 9.91 Å². The third-order valence-electron chi connectivity index (χ3n) is 2.22. The van der Waals surface area contributed by atoms with E-state index in [9.17, 15) is 0 Å². The summed E-state index contributed by atoms with van der Waals surface area (Å²) in [6.45, 7) is 3.28. The van der Waals surface area contributed by atoms with Crippen LogP contribution < -0.4 is 20.7 Å². The molecular weight excluding hydrogens is 263 g/mol. The Balaban J connectivity index is 2.78. The van der Waals surface area contributed by atoms with E-state index in [4.69, 9.17) is 11.1 Å². The number of anilines is 1. The van der Waals surface area contributed by atoms with Gasteiger partial charge in [0.15, 0.2) is 0 Å². The Bertz CT molecular complexity index is 365. The standard InChI is InChI=1S/C11H19AsN4/c1-3-15-11(14)16-9-4-5-10(12-2)8(6-9)7-13/h4-6,12H,3,7,13H2,1-2H3,(H3,14,15,16). The zero-order valence-electron chi connectivity index (χ0n) is 9.72. The van der Waals surface area contributed by atoms with Crippen LogP contribution in [0.25, 0.3) is 0 Å². The van der Waals surface area contributed by atoms with Crippen molar-refractivity contribution in [2.24, 2.45) is 5.73 Å². The Hall–Kier alpha value is -0.992. The van der Waals surface area contributed by atoms with E-state index in [2.05, 4.69) is 22.4 Å². The second-order valence-electron chi connectivity index (χ2n) is 3.36. The third kappa shape index (κ3) is 3.54. The van der Waals surface area contributed by atoms with Gasteiger partial charge in [0.1, 0.15) is 0 Å². The van der Waals surface area contributed by atoms with E-state index in [0.29, 0.717) is 12.5 Å². The fourth-order valence-corrected chi connectivity index (χ4v) is 3.01. The van der Waals surface area contributed by atoms with Crippen molar-refractivity contribution in [2.75, 3.05) is 11.9 Å². The molecule has 0 amide bonds. The number of hydrogen-bond acceptors (Lipinski definition) is 2. The molecule has 16 heavy (non-hydrogen) atoms. The van der Waals surface area contributed by atoms with Crippen LogP contribution in [0.15, 0.2) is 18.2 Å². The van der Waals surface area contributed by atoms with Crippen molar-refractivity contribution in [3.8, 4) is 0 Å². The molecule has 0 fully saturated rings. The molecule has 0 saturated carbocycles. The maximum absolute atomic E-state index is 7.61. The number of nitrogens with two attached hydrogens (primary N) is 1. The molecule has 0 bridgehead atoms. The van der Waals surface area contributed by atoms with Crippen molar-refractivity contribution in [3.05, 3.63) is 23.8 Å². The molecule has 5 N–H and O–H groups in total. The first-order valence-corrected chi connectivity index (χ1v) is 8.46. The summed E-state index contributed by atoms with van der Waals surface area (Å²) in [5, 5.41) is 13.5. The quantitative estimate of drug-likeness (QED) is 0.362. The average molecular weight is 282 g/mol. The molecule has 1 rings (SSSR count). The minimum atomic E-state index is -0.0622. The Morgan fingerprint density at radius 2 is 2.25 bits per heavy atom. The molecule has 0 aliphatic carbocycles. The Kier molecular flexibility index (Phi) is 5.36. The topological polar surface area (TPSA) is 73.9 Å². The van der Waals surface area contributed by atoms with Gasteiger partial charge in [0, 0.05) is 0 Å². The number of rotatable bonds is 4. The molecule has 0 aliphatic rings. The molecule has 5 heteroatoms. The Labute approximate surface area is 103 Å². The van der Waals surface area contributed by atoms with Gasteiger partial charge in [-0.3, -0.25) is 0 Å². The van der Waals surface area contributed by atoms with Crippen LogP contribution in [-0.4, -0.2) is 28.3 Å². The van der Waals surface area contributed by atoms with E-state index < -0.39 is 0 Å². The van der Waals surface area contributed by atoms with Crippen LogP contribution in [0, 0.1) is 5.41 Å². The van der Waals surface area contributed by atoms with Gasteiger partial charge in [-0.15, -0.1) is 0 Å². The van der Waals surface area contributed by atoms with Crippen molar-refractivity contribution < 1.29 is 0 Å². The molecular formula is C11H19AsN4. The molecule has 1 aromatic rings. The van der Waals surface area contributed by atoms with Crippen LogP contribution in [0.1, 0.15) is 12.5 Å². The van der Waals surface area contributed by atoms with Gasteiger partial charge in [-0.1, -0.05) is 0 Å². The van der Waals surface area contributed by atoms with Gasteiger partial charge in [0.25, 0.3) is 0 Å². The van der Waals surface area contributed by atoms with Crippen LogP contribution in [0.4, 0.5) is 5.69 Å². The predicted molar refractivity (Wildman–Crippen MR) is 72.0 cm³/mol. The predicted octanol–water partition coefficient (Wildman–Crippen LogP) is 0.211. The van der Waals surface area contributed by atoms with E-state index >= 15 is 0 Å². The molecule has 1 atom stereocenters. The second kappa shape index (κ2) is 6.56. The molecule has 4 nitrogen and oxygen atoms in total. The van der Waals surface area contributed by atoms with E-state index in [-0.39, 0.29) is 15.8 Å². The van der Waals surface area contributed by atoms with Crippen LogP contribution in [0.2, 0.25) is 5.71 Å². The molecule has 0 spiro atoms. The number of hydrogen-bond donors (Lipinski definition) is 4. The molecule has 0 saturated heterocycles. The first-order chi connectivity index (χ1) is 7.71. The fourth-order valence-electron chi connectivity index (χ4n) is 1.45. The summed E-state index contributed by atoms with van der Waals surface area (Å²) in [7, 11) is 0. The summed E-state index contributed by atoms with van der Waals surface area (Å²) >= 11 is -0.0622. The summed E-state index contributed by atoms with van der Waals surface area (Å²) in [4.78, 5) is 0. The van der Waals surface area contributed by atoms with Gasteiger partial charge >= 0.3 is 103 Å². The van der Waals surface area contributed by atoms with E-state index in [1.807, 2.05) is 19.1 Å². The SMILES string of the molecule is CCNC(=N)Nc1ccc([AsH]C)c(CN)c1. The van der Waals surface area contributed by atoms with E-state index in [0.717, 1.165) is 12.2 Å². The molecule has 0 heterocycles. The zero-order valence-corrected chi connectivity index (χ0v) is 11.8. The summed E-state index contributed by atoms with van der Waals surface area (Å²) < 4.78 is 1.39. The van der Waals surface area contributed by atoms with Gasteiger partial charge in [-0.2, -0.15) is 0 Å². The zero-order chi connectivity index (χ0) is 12.0. The monoisotopic (exact) mass is 282 g/mol. The maximum atomic E-state index is 7.61. The van der Waals surface area contributed by atoms with Gasteiger partial charge in [0.05, 0.1) is 0 Å². The normalized spacial score (nSPS) is 10.7. The number of benzene rings is 1. The summed E-state index contributed by atoms with van der Waals surface area (Å²) in [6, 6.07) is 6.16. The van der Waals surface area contributed by atoms with Crippen LogP contribution in [-0.2, 0) is 6.54 Å². The van der Waals surface area contributed by atoms with Crippen LogP contribution in [0.3, 0.4) is 0 Å². The van der Waals surface area contributed by atoms with Gasteiger partial charge in [0.2, 0.25) is 0 Å².